The highest BCUT2D eigenvalue weighted by Crippen LogP contribution is 2.39. The highest BCUT2D eigenvalue weighted by atomic mass is 15.1. The first kappa shape index (κ1) is 19.3. The predicted molar refractivity (Wildman–Crippen MR) is 113 cm³/mol. The van der Waals surface area contributed by atoms with Gasteiger partial charge in [-0.05, 0) is 49.9 Å². The maximum atomic E-state index is 6.39. The number of benzene rings is 2. The third-order valence-corrected chi connectivity index (χ3v) is 5.20. The van der Waals surface area contributed by atoms with E-state index in [-0.39, 0.29) is 5.54 Å². The van der Waals surface area contributed by atoms with Gasteiger partial charge in [0.25, 0.3) is 0 Å². The van der Waals surface area contributed by atoms with E-state index in [1.807, 2.05) is 30.6 Å². The van der Waals surface area contributed by atoms with E-state index in [0.29, 0.717) is 0 Å². The highest BCUT2D eigenvalue weighted by Gasteiger charge is 2.34. The molecule has 4 rings (SSSR count). The van der Waals surface area contributed by atoms with Gasteiger partial charge >= 0.3 is 0 Å². The number of nitrogens with zero attached hydrogens (tertiary/aromatic N) is 2. The molecule has 27 heavy (non-hydrogen) atoms. The standard InChI is InChI=1S/C19H19N3.C4H11N/c20-19(11-4-12-19)16-9-7-15(8-10-16)18-21-13-14-22(18)17-5-2-1-3-6-17;1-2-3-4-5/h1-3,5-10,13-14H,4,11-12,20H2;2-5H2,1H3. The molecule has 4 N–H and O–H groups in total. The fourth-order valence-corrected chi connectivity index (χ4v) is 3.32. The summed E-state index contributed by atoms with van der Waals surface area (Å²) in [7, 11) is 0. The molecule has 1 aromatic heterocycles. The summed E-state index contributed by atoms with van der Waals surface area (Å²) >= 11 is 0. The Morgan fingerprint density at radius 1 is 1.04 bits per heavy atom. The van der Waals surface area contributed by atoms with Gasteiger partial charge in [0.1, 0.15) is 5.82 Å². The van der Waals surface area contributed by atoms with Crippen LogP contribution in [-0.4, -0.2) is 16.1 Å². The Bertz CT molecular complexity index is 815. The van der Waals surface area contributed by atoms with Gasteiger partial charge in [0, 0.05) is 29.2 Å². The van der Waals surface area contributed by atoms with Crippen molar-refractivity contribution in [3.8, 4) is 17.1 Å². The number of rotatable bonds is 5. The summed E-state index contributed by atoms with van der Waals surface area (Å²) in [5.41, 5.74) is 14.9. The zero-order chi connectivity index (χ0) is 19.1. The van der Waals surface area contributed by atoms with Crippen molar-refractivity contribution in [2.45, 2.75) is 44.6 Å². The van der Waals surface area contributed by atoms with Crippen LogP contribution in [0.3, 0.4) is 0 Å². The van der Waals surface area contributed by atoms with Crippen molar-refractivity contribution in [3.63, 3.8) is 0 Å². The van der Waals surface area contributed by atoms with E-state index in [1.54, 1.807) is 0 Å². The van der Waals surface area contributed by atoms with Crippen LogP contribution in [-0.2, 0) is 5.54 Å². The first-order valence-electron chi connectivity index (χ1n) is 9.86. The molecule has 142 valence electrons. The molecule has 2 aromatic carbocycles. The van der Waals surface area contributed by atoms with Crippen molar-refractivity contribution in [1.82, 2.24) is 9.55 Å². The molecular weight excluding hydrogens is 332 g/mol. The molecule has 0 atom stereocenters. The van der Waals surface area contributed by atoms with E-state index in [4.69, 9.17) is 11.5 Å². The number of aromatic nitrogens is 2. The van der Waals surface area contributed by atoms with Crippen LogP contribution in [0, 0.1) is 0 Å². The molecule has 1 fully saturated rings. The number of hydrogen-bond acceptors (Lipinski definition) is 3. The summed E-state index contributed by atoms with van der Waals surface area (Å²) in [6, 6.07) is 18.8. The molecule has 4 nitrogen and oxygen atoms in total. The van der Waals surface area contributed by atoms with E-state index in [1.165, 1.54) is 24.8 Å². The second-order valence-electron chi connectivity index (χ2n) is 7.19. The zero-order valence-corrected chi connectivity index (χ0v) is 16.1. The molecule has 0 radical (unpaired) electrons. The summed E-state index contributed by atoms with van der Waals surface area (Å²) < 4.78 is 2.11. The first-order chi connectivity index (χ1) is 13.2. The van der Waals surface area contributed by atoms with Crippen LogP contribution < -0.4 is 11.5 Å². The molecule has 0 saturated heterocycles. The second kappa shape index (κ2) is 8.98. The van der Waals surface area contributed by atoms with Gasteiger partial charge in [0.05, 0.1) is 0 Å². The second-order valence-corrected chi connectivity index (χ2v) is 7.19. The Morgan fingerprint density at radius 2 is 1.74 bits per heavy atom. The number of hydrogen-bond donors (Lipinski definition) is 2. The van der Waals surface area contributed by atoms with E-state index < -0.39 is 0 Å². The molecule has 1 heterocycles. The SMILES string of the molecule is CCCCN.NC1(c2ccc(-c3nccn3-c3ccccc3)cc2)CCC1. The molecule has 4 heteroatoms. The average molecular weight is 363 g/mol. The fourth-order valence-electron chi connectivity index (χ4n) is 3.32. The minimum atomic E-state index is -0.104. The predicted octanol–water partition coefficient (Wildman–Crippen LogP) is 4.62. The van der Waals surface area contributed by atoms with Gasteiger partial charge in [-0.15, -0.1) is 0 Å². The third-order valence-electron chi connectivity index (χ3n) is 5.20. The summed E-state index contributed by atoms with van der Waals surface area (Å²) in [5, 5.41) is 0. The normalized spacial score (nSPS) is 14.8. The van der Waals surface area contributed by atoms with E-state index in [0.717, 1.165) is 36.5 Å². The van der Waals surface area contributed by atoms with Crippen LogP contribution in [0.4, 0.5) is 0 Å². The summed E-state index contributed by atoms with van der Waals surface area (Å²) in [4.78, 5) is 4.52. The molecule has 0 unspecified atom stereocenters. The van der Waals surface area contributed by atoms with Crippen LogP contribution in [0.5, 0.6) is 0 Å². The lowest BCUT2D eigenvalue weighted by Crippen LogP contribution is -2.43. The van der Waals surface area contributed by atoms with Gasteiger partial charge in [-0.25, -0.2) is 4.98 Å². The van der Waals surface area contributed by atoms with Gasteiger partial charge in [-0.3, -0.25) is 4.57 Å². The van der Waals surface area contributed by atoms with E-state index in [9.17, 15) is 0 Å². The van der Waals surface area contributed by atoms with Crippen molar-refractivity contribution >= 4 is 0 Å². The fraction of sp³-hybridized carbons (Fsp3) is 0.348. The maximum absolute atomic E-state index is 6.39. The lowest BCUT2D eigenvalue weighted by molar-refractivity contribution is 0.253. The van der Waals surface area contributed by atoms with Crippen molar-refractivity contribution in [2.75, 3.05) is 6.54 Å². The average Bonchev–Trinajstić information content (AvgIpc) is 3.18. The molecule has 0 aliphatic heterocycles. The zero-order valence-electron chi connectivity index (χ0n) is 16.1. The van der Waals surface area contributed by atoms with E-state index >= 15 is 0 Å². The van der Waals surface area contributed by atoms with Gasteiger partial charge < -0.3 is 11.5 Å². The summed E-state index contributed by atoms with van der Waals surface area (Å²) in [6.07, 6.45) is 9.63. The molecule has 0 bridgehead atoms. The van der Waals surface area contributed by atoms with Crippen molar-refractivity contribution in [3.05, 3.63) is 72.6 Å². The Balaban J connectivity index is 0.000000376. The van der Waals surface area contributed by atoms with Crippen molar-refractivity contribution in [1.29, 1.82) is 0 Å². The Labute approximate surface area is 162 Å². The summed E-state index contributed by atoms with van der Waals surface area (Å²) in [5.74, 6) is 0.956. The van der Waals surface area contributed by atoms with Crippen LogP contribution >= 0.6 is 0 Å². The van der Waals surface area contributed by atoms with Crippen molar-refractivity contribution in [2.24, 2.45) is 11.5 Å². The highest BCUT2D eigenvalue weighted by molar-refractivity contribution is 5.59. The minimum Gasteiger partial charge on any atom is -0.330 e. The molecule has 3 aromatic rings. The third kappa shape index (κ3) is 4.46. The van der Waals surface area contributed by atoms with Gasteiger partial charge in [0.2, 0.25) is 0 Å². The lowest BCUT2D eigenvalue weighted by Gasteiger charge is -2.38. The molecule has 1 aliphatic rings. The molecule has 0 spiro atoms. The van der Waals surface area contributed by atoms with Gasteiger partial charge in [-0.1, -0.05) is 55.8 Å². The van der Waals surface area contributed by atoms with Crippen LogP contribution in [0.2, 0.25) is 0 Å². The number of nitrogens with two attached hydrogens (primary N) is 2. The van der Waals surface area contributed by atoms with Crippen molar-refractivity contribution < 1.29 is 0 Å². The van der Waals surface area contributed by atoms with Crippen LogP contribution in [0.25, 0.3) is 17.1 Å². The summed E-state index contributed by atoms with van der Waals surface area (Å²) in [6.45, 7) is 2.98. The molecular formula is C23H30N4. The maximum Gasteiger partial charge on any atom is 0.144 e. The van der Waals surface area contributed by atoms with E-state index in [2.05, 4.69) is 52.9 Å². The van der Waals surface area contributed by atoms with Crippen LogP contribution in [0.1, 0.15) is 44.6 Å². The largest absolute Gasteiger partial charge is 0.330 e. The Hall–Kier alpha value is -2.43. The first-order valence-corrected chi connectivity index (χ1v) is 9.86. The quantitative estimate of drug-likeness (QED) is 0.695. The molecule has 1 saturated carbocycles. The monoisotopic (exact) mass is 362 g/mol. The Morgan fingerprint density at radius 3 is 2.26 bits per heavy atom. The molecule has 0 amide bonds. The number of imidazole rings is 1. The minimum absolute atomic E-state index is 0.104. The van der Waals surface area contributed by atoms with Crippen LogP contribution in [0.15, 0.2) is 67.0 Å². The topological polar surface area (TPSA) is 69.9 Å². The van der Waals surface area contributed by atoms with Gasteiger partial charge in [-0.2, -0.15) is 0 Å². The number of unbranched alkanes of at least 4 members (excludes halogenated alkanes) is 1. The molecule has 1 aliphatic carbocycles. The smallest absolute Gasteiger partial charge is 0.144 e. The number of para-hydroxylation sites is 1. The van der Waals surface area contributed by atoms with Gasteiger partial charge in [0.15, 0.2) is 0 Å². The Kier molecular flexibility index (Phi) is 6.43. The lowest BCUT2D eigenvalue weighted by atomic mass is 9.73.